The van der Waals surface area contributed by atoms with Crippen molar-refractivity contribution in [3.8, 4) is 5.75 Å². The van der Waals surface area contributed by atoms with E-state index in [2.05, 4.69) is 0 Å². The van der Waals surface area contributed by atoms with Crippen LogP contribution in [-0.2, 0) is 14.4 Å². The molecular formula is C35H23NO4. The van der Waals surface area contributed by atoms with Crippen LogP contribution in [0.3, 0.4) is 0 Å². The zero-order valence-electron chi connectivity index (χ0n) is 21.4. The van der Waals surface area contributed by atoms with Gasteiger partial charge in [-0.15, -0.1) is 0 Å². The van der Waals surface area contributed by atoms with Crippen molar-refractivity contribution in [3.63, 3.8) is 0 Å². The van der Waals surface area contributed by atoms with E-state index >= 15 is 0 Å². The van der Waals surface area contributed by atoms with Gasteiger partial charge < -0.3 is 4.74 Å². The number of benzene rings is 5. The van der Waals surface area contributed by atoms with Gasteiger partial charge in [0.25, 0.3) is 0 Å². The molecule has 1 saturated heterocycles. The highest BCUT2D eigenvalue weighted by molar-refractivity contribution is 6.25. The fourth-order valence-corrected chi connectivity index (χ4v) is 6.90. The summed E-state index contributed by atoms with van der Waals surface area (Å²) >= 11 is 0. The highest BCUT2D eigenvalue weighted by atomic mass is 16.5. The molecule has 3 aliphatic rings. The van der Waals surface area contributed by atoms with Crippen molar-refractivity contribution < 1.29 is 19.1 Å². The van der Waals surface area contributed by atoms with Gasteiger partial charge in [-0.3, -0.25) is 14.4 Å². The van der Waals surface area contributed by atoms with E-state index in [4.69, 9.17) is 4.74 Å². The second-order valence-electron chi connectivity index (χ2n) is 10.7. The fourth-order valence-electron chi connectivity index (χ4n) is 6.90. The summed E-state index contributed by atoms with van der Waals surface area (Å²) in [7, 11) is 0. The predicted octanol–water partition coefficient (Wildman–Crippen LogP) is 6.51. The lowest BCUT2D eigenvalue weighted by Crippen LogP contribution is -2.42. The largest absolute Gasteiger partial charge is 0.425 e. The topological polar surface area (TPSA) is 63.7 Å². The van der Waals surface area contributed by atoms with Crippen LogP contribution in [0.2, 0.25) is 0 Å². The summed E-state index contributed by atoms with van der Waals surface area (Å²) < 4.78 is 5.88. The SMILES string of the molecule is O=C1Oc2ccc3ccccc3c2C2=C[C@H](c3ccccc3)[C@@H]3C(=O)N(c4ccc5ccccc5c4)C(=O)[C@H]3[C@@H]12. The predicted molar refractivity (Wildman–Crippen MR) is 154 cm³/mol. The normalized spacial score (nSPS) is 23.4. The third-order valence-corrected chi connectivity index (χ3v) is 8.66. The van der Waals surface area contributed by atoms with E-state index in [0.717, 1.165) is 38.2 Å². The van der Waals surface area contributed by atoms with Crippen LogP contribution in [0.4, 0.5) is 5.69 Å². The number of esters is 1. The van der Waals surface area contributed by atoms with Crippen LogP contribution in [0, 0.1) is 17.8 Å². The average molecular weight is 522 g/mol. The van der Waals surface area contributed by atoms with Crippen molar-refractivity contribution >= 4 is 50.6 Å². The molecule has 2 heterocycles. The van der Waals surface area contributed by atoms with E-state index in [9.17, 15) is 14.4 Å². The minimum Gasteiger partial charge on any atom is -0.425 e. The molecule has 5 aromatic carbocycles. The van der Waals surface area contributed by atoms with Gasteiger partial charge in [-0.1, -0.05) is 97.1 Å². The van der Waals surface area contributed by atoms with Crippen molar-refractivity contribution in [3.05, 3.63) is 126 Å². The molecule has 8 rings (SSSR count). The van der Waals surface area contributed by atoms with Crippen LogP contribution in [-0.4, -0.2) is 17.8 Å². The number of imide groups is 1. The summed E-state index contributed by atoms with van der Waals surface area (Å²) in [5.74, 6) is -3.49. The molecule has 5 nitrogen and oxygen atoms in total. The number of nitrogens with zero attached hydrogens (tertiary/aromatic N) is 1. The lowest BCUT2D eigenvalue weighted by molar-refractivity contribution is -0.142. The quantitative estimate of drug-likeness (QED) is 0.151. The smallest absolute Gasteiger partial charge is 0.319 e. The Bertz CT molecular complexity index is 1920. The molecule has 1 fully saturated rings. The Morgan fingerprint density at radius 3 is 2.12 bits per heavy atom. The van der Waals surface area contributed by atoms with Gasteiger partial charge in [0.2, 0.25) is 11.8 Å². The van der Waals surface area contributed by atoms with E-state index in [-0.39, 0.29) is 17.7 Å². The second kappa shape index (κ2) is 8.48. The Hall–Kier alpha value is -5.03. The van der Waals surface area contributed by atoms with Gasteiger partial charge in [0.15, 0.2) is 0 Å². The van der Waals surface area contributed by atoms with Crippen LogP contribution < -0.4 is 9.64 Å². The van der Waals surface area contributed by atoms with Gasteiger partial charge in [-0.25, -0.2) is 4.90 Å². The van der Waals surface area contributed by atoms with Crippen molar-refractivity contribution in [1.29, 1.82) is 0 Å². The molecule has 0 saturated carbocycles. The van der Waals surface area contributed by atoms with Crippen LogP contribution in [0.25, 0.3) is 27.1 Å². The van der Waals surface area contributed by atoms with Gasteiger partial charge in [0, 0.05) is 11.5 Å². The molecule has 1 aliphatic carbocycles. The molecule has 2 amide bonds. The van der Waals surface area contributed by atoms with Gasteiger partial charge in [-0.05, 0) is 50.9 Å². The summed E-state index contributed by atoms with van der Waals surface area (Å²) in [6.45, 7) is 0. The Morgan fingerprint density at radius 2 is 1.30 bits per heavy atom. The first-order valence-electron chi connectivity index (χ1n) is 13.5. The van der Waals surface area contributed by atoms with Crippen LogP contribution in [0.1, 0.15) is 17.0 Å². The van der Waals surface area contributed by atoms with Crippen LogP contribution in [0.5, 0.6) is 5.75 Å². The molecule has 0 bridgehead atoms. The van der Waals surface area contributed by atoms with E-state index in [1.165, 1.54) is 4.90 Å². The minimum absolute atomic E-state index is 0.286. The molecular weight excluding hydrogens is 498 g/mol. The number of rotatable bonds is 2. The molecule has 5 heteroatoms. The average Bonchev–Trinajstić information content (AvgIpc) is 3.26. The van der Waals surface area contributed by atoms with Crippen molar-refractivity contribution in [2.45, 2.75) is 5.92 Å². The standard InChI is InChI=1S/C35H23NO4/c37-33-30-26(21-9-2-1-3-10-21)19-27-29-25-13-7-6-11-22(25)15-17-28(29)40-35(39)31(27)32(30)34(38)36(33)24-16-14-20-8-4-5-12-23(20)18-24/h1-19,26,30-32H/t26-,30+,31+,32-/m1/s1. The number of hydrogen-bond donors (Lipinski definition) is 0. The minimum atomic E-state index is -0.871. The zero-order chi connectivity index (χ0) is 27.0. The summed E-state index contributed by atoms with van der Waals surface area (Å²) in [6.07, 6.45) is 2.04. The number of carbonyl (C=O) groups is 3. The first-order chi connectivity index (χ1) is 19.6. The Kier molecular flexibility index (Phi) is 4.86. The highest BCUT2D eigenvalue weighted by Gasteiger charge is 2.60. The Balaban J connectivity index is 1.34. The third-order valence-electron chi connectivity index (χ3n) is 8.66. The van der Waals surface area contributed by atoms with Gasteiger partial charge >= 0.3 is 5.97 Å². The molecule has 4 atom stereocenters. The Labute approximate surface area is 230 Å². The molecule has 0 N–H and O–H groups in total. The third kappa shape index (κ3) is 3.18. The second-order valence-corrected chi connectivity index (χ2v) is 10.7. The molecule has 5 aromatic rings. The number of anilines is 1. The lowest BCUT2D eigenvalue weighted by Gasteiger charge is -2.38. The van der Waals surface area contributed by atoms with Gasteiger partial charge in [0.1, 0.15) is 5.75 Å². The number of hydrogen-bond acceptors (Lipinski definition) is 4. The fraction of sp³-hybridized carbons (Fsp3) is 0.114. The van der Waals surface area contributed by atoms with E-state index in [1.54, 1.807) is 0 Å². The summed E-state index contributed by atoms with van der Waals surface area (Å²) in [5, 5.41) is 3.93. The number of ether oxygens (including phenoxy) is 1. The van der Waals surface area contributed by atoms with E-state index < -0.39 is 23.7 Å². The summed E-state index contributed by atoms with van der Waals surface area (Å²) in [6, 6.07) is 35.0. The molecule has 0 radical (unpaired) electrons. The number of fused-ring (bicyclic) bond motifs is 8. The van der Waals surface area contributed by atoms with Gasteiger partial charge in [-0.2, -0.15) is 0 Å². The summed E-state index contributed by atoms with van der Waals surface area (Å²) in [5.41, 5.74) is 3.04. The Morgan fingerprint density at radius 1 is 0.625 bits per heavy atom. The van der Waals surface area contributed by atoms with Crippen LogP contribution in [0.15, 0.2) is 115 Å². The number of allylic oxidation sites excluding steroid dienone is 1. The molecule has 192 valence electrons. The first-order valence-corrected chi connectivity index (χ1v) is 13.5. The van der Waals surface area contributed by atoms with Gasteiger partial charge in [0.05, 0.1) is 23.4 Å². The number of amides is 2. The lowest BCUT2D eigenvalue weighted by atomic mass is 9.64. The molecule has 0 aromatic heterocycles. The van der Waals surface area contributed by atoms with Crippen molar-refractivity contribution in [2.24, 2.45) is 17.8 Å². The summed E-state index contributed by atoms with van der Waals surface area (Å²) in [4.78, 5) is 43.5. The molecule has 40 heavy (non-hydrogen) atoms. The zero-order valence-corrected chi connectivity index (χ0v) is 21.4. The van der Waals surface area contributed by atoms with E-state index in [0.29, 0.717) is 11.4 Å². The van der Waals surface area contributed by atoms with Crippen molar-refractivity contribution in [1.82, 2.24) is 0 Å². The van der Waals surface area contributed by atoms with E-state index in [1.807, 2.05) is 115 Å². The van der Waals surface area contributed by atoms with Crippen molar-refractivity contribution in [2.75, 3.05) is 4.90 Å². The molecule has 0 unspecified atom stereocenters. The molecule has 0 spiro atoms. The maximum atomic E-state index is 14.3. The van der Waals surface area contributed by atoms with Crippen LogP contribution >= 0.6 is 0 Å². The monoisotopic (exact) mass is 521 g/mol. The maximum Gasteiger partial charge on any atom is 0.319 e. The molecule has 2 aliphatic heterocycles. The highest BCUT2D eigenvalue weighted by Crippen LogP contribution is 2.55. The maximum absolute atomic E-state index is 14.3. The number of carbonyl (C=O) groups excluding carboxylic acids is 3. The first kappa shape index (κ1) is 22.9.